The maximum Gasteiger partial charge on any atom is 0.472 e. The molecule has 0 aliphatic rings. The number of hydrogen-bond donors (Lipinski definition) is 3. The number of hydrogen-bond acceptors (Lipinski definition) is 15. The second-order valence-corrected chi connectivity index (χ2v) is 35.5. The number of phosphoric ester groups is 2. The fraction of sp³-hybridized carbons (Fsp3) is 0.953. The van der Waals surface area contributed by atoms with Crippen LogP contribution in [0, 0.1) is 23.7 Å². The van der Waals surface area contributed by atoms with E-state index in [1.165, 1.54) is 244 Å². The van der Waals surface area contributed by atoms with Gasteiger partial charge in [0.25, 0.3) is 0 Å². The van der Waals surface area contributed by atoms with E-state index >= 15 is 0 Å². The van der Waals surface area contributed by atoms with Gasteiger partial charge >= 0.3 is 39.5 Å². The minimum Gasteiger partial charge on any atom is -0.462 e. The summed E-state index contributed by atoms with van der Waals surface area (Å²) < 4.78 is 68.8. The molecule has 3 N–H and O–H groups in total. The molecular formula is C86H168O17P2. The van der Waals surface area contributed by atoms with Crippen LogP contribution in [-0.4, -0.2) is 96.7 Å². The lowest BCUT2D eigenvalue weighted by Crippen LogP contribution is -2.30. The minimum absolute atomic E-state index is 0.107. The van der Waals surface area contributed by atoms with Crippen molar-refractivity contribution >= 4 is 39.5 Å². The average Bonchev–Trinajstić information content (AvgIpc) is 0.910. The van der Waals surface area contributed by atoms with Crippen molar-refractivity contribution in [2.75, 3.05) is 39.6 Å². The molecule has 0 fully saturated rings. The van der Waals surface area contributed by atoms with Gasteiger partial charge in [0.15, 0.2) is 12.2 Å². The standard InChI is InChI=1S/C86H168O17P2/c1-9-79(8)65-57-49-40-34-27-23-19-15-11-13-17-21-25-29-37-43-52-60-68-85(90)102-81(72-96-83(88)66-58-50-41-35-31-30-33-39-47-55-63-77(4)5)74-100-104(92,93)98-70-80(87)71-99-105(94,95)101-75-82(73-97-84(89)67-59-51-45-44-48-56-64-78(6)7)103-86(91)69-61-53-42-36-28-24-20-16-12-10-14-18-22-26-32-38-46-54-62-76(2)3/h76-82,87H,9-75H2,1-8H3,(H,92,93)(H,94,95)/t79?,80?,81-,82-/m1/s1. The summed E-state index contributed by atoms with van der Waals surface area (Å²) in [6, 6.07) is 0. The molecule has 0 bridgehead atoms. The Morgan fingerprint density at radius 2 is 0.457 bits per heavy atom. The van der Waals surface area contributed by atoms with Crippen molar-refractivity contribution in [3.05, 3.63) is 0 Å². The number of unbranched alkanes of at least 4 members (excludes halogenated alkanes) is 48. The van der Waals surface area contributed by atoms with E-state index in [1.807, 2.05) is 0 Å². The van der Waals surface area contributed by atoms with Gasteiger partial charge in [0.1, 0.15) is 19.3 Å². The molecule has 0 heterocycles. The molecule has 0 aromatic heterocycles. The van der Waals surface area contributed by atoms with Crippen LogP contribution in [-0.2, 0) is 65.4 Å². The van der Waals surface area contributed by atoms with Gasteiger partial charge in [-0.2, -0.15) is 0 Å². The Hall–Kier alpha value is -1.94. The Balaban J connectivity index is 5.16. The third-order valence-electron chi connectivity index (χ3n) is 20.4. The summed E-state index contributed by atoms with van der Waals surface area (Å²) in [5.41, 5.74) is 0. The van der Waals surface area contributed by atoms with E-state index in [0.29, 0.717) is 31.6 Å². The van der Waals surface area contributed by atoms with Crippen molar-refractivity contribution in [1.82, 2.24) is 0 Å². The smallest absolute Gasteiger partial charge is 0.462 e. The summed E-state index contributed by atoms with van der Waals surface area (Å²) in [5.74, 6) is 1.02. The molecule has 0 saturated carbocycles. The van der Waals surface area contributed by atoms with Gasteiger partial charge in [-0.25, -0.2) is 9.13 Å². The van der Waals surface area contributed by atoms with Crippen molar-refractivity contribution in [2.24, 2.45) is 23.7 Å². The van der Waals surface area contributed by atoms with Crippen LogP contribution in [0.3, 0.4) is 0 Å². The predicted octanol–water partition coefficient (Wildman–Crippen LogP) is 25.9. The highest BCUT2D eigenvalue weighted by atomic mass is 31.2. The summed E-state index contributed by atoms with van der Waals surface area (Å²) in [7, 11) is -9.93. The summed E-state index contributed by atoms with van der Waals surface area (Å²) in [5, 5.41) is 10.7. The van der Waals surface area contributed by atoms with E-state index < -0.39 is 97.5 Å². The van der Waals surface area contributed by atoms with Crippen LogP contribution in [0.25, 0.3) is 0 Å². The van der Waals surface area contributed by atoms with Gasteiger partial charge < -0.3 is 33.8 Å². The van der Waals surface area contributed by atoms with Crippen LogP contribution < -0.4 is 0 Å². The van der Waals surface area contributed by atoms with Crippen molar-refractivity contribution in [1.29, 1.82) is 0 Å². The molecule has 0 aromatic carbocycles. The number of phosphoric acid groups is 2. The maximum atomic E-state index is 13.1. The fourth-order valence-corrected chi connectivity index (χ4v) is 14.9. The Morgan fingerprint density at radius 3 is 0.676 bits per heavy atom. The molecule has 0 amide bonds. The first kappa shape index (κ1) is 103. The largest absolute Gasteiger partial charge is 0.472 e. The number of carbonyl (C=O) groups excluding carboxylic acids is 4. The Bertz CT molecular complexity index is 2040. The van der Waals surface area contributed by atoms with Crippen LogP contribution in [0.15, 0.2) is 0 Å². The van der Waals surface area contributed by atoms with Gasteiger partial charge in [0.05, 0.1) is 26.4 Å². The van der Waals surface area contributed by atoms with Crippen LogP contribution in [0.4, 0.5) is 0 Å². The SMILES string of the molecule is CCC(C)CCCCCCCCCCCCCCCCCCCCC(=O)O[C@H](COC(=O)CCCCCCCCCCCCC(C)C)COP(=O)(O)OCC(O)COP(=O)(O)OC[C@@H](COC(=O)CCCCCCCCC(C)C)OC(=O)CCCCCCCCCCCCCCCCCCCCC(C)C. The molecule has 0 spiro atoms. The molecule has 0 rings (SSSR count). The van der Waals surface area contributed by atoms with Crippen molar-refractivity contribution in [3.8, 4) is 0 Å². The van der Waals surface area contributed by atoms with Crippen LogP contribution in [0.5, 0.6) is 0 Å². The highest BCUT2D eigenvalue weighted by Gasteiger charge is 2.31. The molecule has 0 aromatic rings. The monoisotopic (exact) mass is 1540 g/mol. The number of esters is 4. The van der Waals surface area contributed by atoms with E-state index in [9.17, 15) is 43.2 Å². The fourth-order valence-electron chi connectivity index (χ4n) is 13.3. The molecule has 624 valence electrons. The van der Waals surface area contributed by atoms with Crippen molar-refractivity contribution in [3.63, 3.8) is 0 Å². The first-order chi connectivity index (χ1) is 50.6. The van der Waals surface area contributed by atoms with E-state index in [2.05, 4.69) is 55.4 Å². The molecular weight excluding hydrogens is 1370 g/mol. The van der Waals surface area contributed by atoms with Gasteiger partial charge in [-0.1, -0.05) is 396 Å². The number of aliphatic hydroxyl groups excluding tert-OH is 1. The van der Waals surface area contributed by atoms with Crippen LogP contribution in [0.2, 0.25) is 0 Å². The average molecular weight is 1540 g/mol. The van der Waals surface area contributed by atoms with Gasteiger partial charge in [0.2, 0.25) is 0 Å². The summed E-state index contributed by atoms with van der Waals surface area (Å²) in [6.45, 7) is 14.3. The molecule has 0 radical (unpaired) electrons. The predicted molar refractivity (Wildman–Crippen MR) is 432 cm³/mol. The summed E-state index contributed by atoms with van der Waals surface area (Å²) in [6.07, 6.45) is 64.1. The van der Waals surface area contributed by atoms with E-state index in [4.69, 9.17) is 37.0 Å². The lowest BCUT2D eigenvalue weighted by molar-refractivity contribution is -0.161. The molecule has 0 aliphatic carbocycles. The van der Waals surface area contributed by atoms with Crippen LogP contribution >= 0.6 is 15.6 Å². The van der Waals surface area contributed by atoms with Gasteiger partial charge in [-0.3, -0.25) is 37.3 Å². The number of rotatable bonds is 83. The Labute approximate surface area is 645 Å². The van der Waals surface area contributed by atoms with E-state index in [1.54, 1.807) is 0 Å². The van der Waals surface area contributed by atoms with Crippen molar-refractivity contribution < 1.29 is 80.2 Å². The molecule has 4 unspecified atom stereocenters. The van der Waals surface area contributed by atoms with E-state index in [-0.39, 0.29) is 25.7 Å². The highest BCUT2D eigenvalue weighted by molar-refractivity contribution is 7.47. The first-order valence-electron chi connectivity index (χ1n) is 44.2. The molecule has 105 heavy (non-hydrogen) atoms. The van der Waals surface area contributed by atoms with Gasteiger partial charge in [-0.05, 0) is 49.4 Å². The second kappa shape index (κ2) is 74.8. The number of ether oxygens (including phenoxy) is 4. The number of aliphatic hydroxyl groups is 1. The summed E-state index contributed by atoms with van der Waals surface area (Å²) in [4.78, 5) is 73.1. The molecule has 17 nitrogen and oxygen atoms in total. The van der Waals surface area contributed by atoms with E-state index in [0.717, 1.165) is 114 Å². The summed E-state index contributed by atoms with van der Waals surface area (Å²) >= 11 is 0. The number of carbonyl (C=O) groups is 4. The lowest BCUT2D eigenvalue weighted by Gasteiger charge is -2.21. The Morgan fingerprint density at radius 1 is 0.267 bits per heavy atom. The first-order valence-corrected chi connectivity index (χ1v) is 47.2. The minimum atomic E-state index is -4.96. The molecule has 0 saturated heterocycles. The Kier molecular flexibility index (Phi) is 73.4. The zero-order valence-electron chi connectivity index (χ0n) is 69.4. The molecule has 0 aliphatic heterocycles. The maximum absolute atomic E-state index is 13.1. The second-order valence-electron chi connectivity index (χ2n) is 32.6. The van der Waals surface area contributed by atoms with Crippen LogP contribution in [0.1, 0.15) is 447 Å². The zero-order chi connectivity index (χ0) is 77.4. The molecule has 19 heteroatoms. The highest BCUT2D eigenvalue weighted by Crippen LogP contribution is 2.45. The third kappa shape index (κ3) is 78.5. The topological polar surface area (TPSA) is 237 Å². The van der Waals surface area contributed by atoms with Gasteiger partial charge in [-0.15, -0.1) is 0 Å². The van der Waals surface area contributed by atoms with Gasteiger partial charge in [0, 0.05) is 25.7 Å². The molecule has 6 atom stereocenters. The lowest BCUT2D eigenvalue weighted by atomic mass is 9.99. The zero-order valence-corrected chi connectivity index (χ0v) is 71.2. The third-order valence-corrected chi connectivity index (χ3v) is 22.3. The van der Waals surface area contributed by atoms with Crippen molar-refractivity contribution in [2.45, 2.75) is 465 Å². The quantitative estimate of drug-likeness (QED) is 0.0222. The normalized spacial score (nSPS) is 14.2.